The van der Waals surface area contributed by atoms with E-state index in [1.807, 2.05) is 6.92 Å². The Morgan fingerprint density at radius 2 is 1.95 bits per heavy atom. The highest BCUT2D eigenvalue weighted by atomic mass is 32.2. The quantitative estimate of drug-likeness (QED) is 0.739. The molecule has 7 heteroatoms. The van der Waals surface area contributed by atoms with Crippen LogP contribution in [0.15, 0.2) is 0 Å². The topological polar surface area (TPSA) is 72.9 Å². The molecule has 1 amide bonds. The van der Waals surface area contributed by atoms with Crippen LogP contribution in [0.4, 0.5) is 4.79 Å². The minimum atomic E-state index is -3.49. The van der Waals surface area contributed by atoms with Crippen molar-refractivity contribution < 1.29 is 22.1 Å². The summed E-state index contributed by atoms with van der Waals surface area (Å²) in [6.45, 7) is 7.96. The molecule has 0 N–H and O–H groups in total. The summed E-state index contributed by atoms with van der Waals surface area (Å²) in [5.74, 6) is 0.306. The molecule has 0 spiro atoms. The van der Waals surface area contributed by atoms with Gasteiger partial charge in [0, 0.05) is 6.54 Å². The molecule has 19 heavy (non-hydrogen) atoms. The average molecular weight is 293 g/mol. The maximum absolute atomic E-state index is 12.0. The number of carbonyl (C=O) groups excluding carboxylic acids is 1. The first-order chi connectivity index (χ1) is 8.48. The standard InChI is InChI=1S/C12H23NO5S/c1-9-6-10(8-17-19(5,15)16)13(7-9)11(14)18-12(2,3)4/h9-10H,6-8H2,1-5H3/t9-,10+/m1/s1. The Kier molecular flexibility index (Phi) is 4.84. The van der Waals surface area contributed by atoms with E-state index in [-0.39, 0.29) is 12.6 Å². The lowest BCUT2D eigenvalue weighted by atomic mass is 10.1. The average Bonchev–Trinajstić information content (AvgIpc) is 2.53. The van der Waals surface area contributed by atoms with Gasteiger partial charge in [0.25, 0.3) is 10.1 Å². The molecule has 1 saturated heterocycles. The summed E-state index contributed by atoms with van der Waals surface area (Å²) in [5.41, 5.74) is -0.564. The third kappa shape index (κ3) is 5.78. The lowest BCUT2D eigenvalue weighted by molar-refractivity contribution is 0.0186. The van der Waals surface area contributed by atoms with E-state index >= 15 is 0 Å². The van der Waals surface area contributed by atoms with E-state index in [4.69, 9.17) is 8.92 Å². The van der Waals surface area contributed by atoms with Crippen LogP contribution in [0, 0.1) is 5.92 Å². The number of likely N-dealkylation sites (tertiary alicyclic amines) is 1. The molecule has 6 nitrogen and oxygen atoms in total. The Labute approximate surface area is 115 Å². The molecule has 1 heterocycles. The number of hydrogen-bond acceptors (Lipinski definition) is 5. The minimum absolute atomic E-state index is 0.0115. The number of hydrogen-bond donors (Lipinski definition) is 0. The number of rotatable bonds is 3. The van der Waals surface area contributed by atoms with Gasteiger partial charge in [-0.25, -0.2) is 4.79 Å². The van der Waals surface area contributed by atoms with Crippen molar-refractivity contribution >= 4 is 16.2 Å². The number of amides is 1. The van der Waals surface area contributed by atoms with Crippen molar-refractivity contribution in [2.75, 3.05) is 19.4 Å². The largest absolute Gasteiger partial charge is 0.444 e. The second-order valence-corrected chi connectivity index (χ2v) is 7.76. The molecule has 0 aromatic heterocycles. The zero-order valence-corrected chi connectivity index (χ0v) is 13.0. The molecule has 1 fully saturated rings. The molecule has 0 aromatic rings. The summed E-state index contributed by atoms with van der Waals surface area (Å²) in [4.78, 5) is 13.6. The van der Waals surface area contributed by atoms with Crippen LogP contribution in [0.25, 0.3) is 0 Å². The van der Waals surface area contributed by atoms with Crippen molar-refractivity contribution in [3.63, 3.8) is 0 Å². The van der Waals surface area contributed by atoms with Crippen LogP contribution in [0.5, 0.6) is 0 Å². The monoisotopic (exact) mass is 293 g/mol. The van der Waals surface area contributed by atoms with Crippen LogP contribution in [0.1, 0.15) is 34.1 Å². The smallest absolute Gasteiger partial charge is 0.410 e. The predicted octanol–water partition coefficient (Wildman–Crippen LogP) is 1.61. The number of carbonyl (C=O) groups is 1. The van der Waals surface area contributed by atoms with Gasteiger partial charge in [-0.1, -0.05) is 6.92 Å². The minimum Gasteiger partial charge on any atom is -0.444 e. The van der Waals surface area contributed by atoms with Crippen molar-refractivity contribution in [2.24, 2.45) is 5.92 Å². The molecule has 0 aromatic carbocycles. The van der Waals surface area contributed by atoms with Gasteiger partial charge in [0.2, 0.25) is 0 Å². The second kappa shape index (κ2) is 5.66. The summed E-state index contributed by atoms with van der Waals surface area (Å²) in [5, 5.41) is 0. The molecule has 1 aliphatic rings. The van der Waals surface area contributed by atoms with Gasteiger partial charge in [-0.15, -0.1) is 0 Å². The van der Waals surface area contributed by atoms with Crippen molar-refractivity contribution in [1.29, 1.82) is 0 Å². The molecular formula is C12H23NO5S. The maximum atomic E-state index is 12.0. The molecule has 0 radical (unpaired) electrons. The van der Waals surface area contributed by atoms with Crippen LogP contribution in [-0.4, -0.2) is 50.5 Å². The lowest BCUT2D eigenvalue weighted by Crippen LogP contribution is -2.42. The van der Waals surface area contributed by atoms with Gasteiger partial charge in [-0.05, 0) is 33.1 Å². The van der Waals surface area contributed by atoms with Crippen LogP contribution < -0.4 is 0 Å². The molecule has 1 aliphatic heterocycles. The third-order valence-corrected chi connectivity index (χ3v) is 3.29. The molecule has 0 unspecified atom stereocenters. The van der Waals surface area contributed by atoms with Crippen LogP contribution in [0.3, 0.4) is 0 Å². The summed E-state index contributed by atoms with van der Waals surface area (Å²) in [6, 6.07) is -0.250. The summed E-state index contributed by atoms with van der Waals surface area (Å²) in [7, 11) is -3.49. The van der Waals surface area contributed by atoms with Gasteiger partial charge in [0.15, 0.2) is 0 Å². The fourth-order valence-corrected chi connectivity index (χ4v) is 2.46. The summed E-state index contributed by atoms with van der Waals surface area (Å²) < 4.78 is 32.1. The first-order valence-electron chi connectivity index (χ1n) is 6.32. The maximum Gasteiger partial charge on any atom is 0.410 e. The van der Waals surface area contributed by atoms with Crippen LogP contribution >= 0.6 is 0 Å². The molecule has 1 rings (SSSR count). The van der Waals surface area contributed by atoms with Crippen LogP contribution in [0.2, 0.25) is 0 Å². The Morgan fingerprint density at radius 1 is 1.37 bits per heavy atom. The highest BCUT2D eigenvalue weighted by Crippen LogP contribution is 2.25. The summed E-state index contributed by atoms with van der Waals surface area (Å²) >= 11 is 0. The van der Waals surface area contributed by atoms with Gasteiger partial charge >= 0.3 is 6.09 Å². The highest BCUT2D eigenvalue weighted by molar-refractivity contribution is 7.85. The second-order valence-electron chi connectivity index (χ2n) is 6.12. The van der Waals surface area contributed by atoms with Crippen molar-refractivity contribution in [3.05, 3.63) is 0 Å². The molecule has 112 valence electrons. The van der Waals surface area contributed by atoms with E-state index < -0.39 is 21.8 Å². The Morgan fingerprint density at radius 3 is 2.42 bits per heavy atom. The Hall–Kier alpha value is -0.820. The SMILES string of the molecule is C[C@@H]1C[C@@H](COS(C)(=O)=O)N(C(=O)OC(C)(C)C)C1. The Bertz CT molecular complexity index is 426. The van der Waals surface area contributed by atoms with Gasteiger partial charge in [-0.2, -0.15) is 8.42 Å². The van der Waals surface area contributed by atoms with Gasteiger partial charge in [0.1, 0.15) is 5.60 Å². The van der Waals surface area contributed by atoms with Crippen molar-refractivity contribution in [3.8, 4) is 0 Å². The van der Waals surface area contributed by atoms with E-state index in [1.54, 1.807) is 25.7 Å². The first kappa shape index (κ1) is 16.2. The van der Waals surface area contributed by atoms with Gasteiger partial charge < -0.3 is 9.64 Å². The van der Waals surface area contributed by atoms with Crippen LogP contribution in [-0.2, 0) is 19.0 Å². The molecule has 0 bridgehead atoms. The van der Waals surface area contributed by atoms with Gasteiger partial charge in [-0.3, -0.25) is 4.18 Å². The van der Waals surface area contributed by atoms with E-state index in [0.717, 1.165) is 12.7 Å². The normalized spacial score (nSPS) is 24.6. The predicted molar refractivity (Wildman–Crippen MR) is 71.3 cm³/mol. The highest BCUT2D eigenvalue weighted by Gasteiger charge is 2.36. The zero-order chi connectivity index (χ0) is 14.8. The lowest BCUT2D eigenvalue weighted by Gasteiger charge is -2.28. The Balaban J connectivity index is 2.66. The fraction of sp³-hybridized carbons (Fsp3) is 0.917. The number of ether oxygens (including phenoxy) is 1. The van der Waals surface area contributed by atoms with Gasteiger partial charge in [0.05, 0.1) is 18.9 Å². The van der Waals surface area contributed by atoms with Crippen molar-refractivity contribution in [1.82, 2.24) is 4.90 Å². The third-order valence-electron chi connectivity index (χ3n) is 2.73. The zero-order valence-electron chi connectivity index (χ0n) is 12.2. The van der Waals surface area contributed by atoms with Crippen molar-refractivity contribution in [2.45, 2.75) is 45.8 Å². The fourth-order valence-electron chi connectivity index (χ4n) is 2.06. The molecule has 0 aliphatic carbocycles. The van der Waals surface area contributed by atoms with E-state index in [1.165, 1.54) is 0 Å². The number of nitrogens with zero attached hydrogens (tertiary/aromatic N) is 1. The van der Waals surface area contributed by atoms with E-state index in [9.17, 15) is 13.2 Å². The summed E-state index contributed by atoms with van der Waals surface area (Å²) in [6.07, 6.45) is 1.30. The molecule has 2 atom stereocenters. The van der Waals surface area contributed by atoms with E-state index in [2.05, 4.69) is 0 Å². The first-order valence-corrected chi connectivity index (χ1v) is 8.13. The molecular weight excluding hydrogens is 270 g/mol. The van der Waals surface area contributed by atoms with E-state index in [0.29, 0.717) is 12.5 Å². The molecule has 0 saturated carbocycles.